The molecule has 2 aromatic heterocycles. The van der Waals surface area contributed by atoms with Crippen molar-refractivity contribution in [2.45, 2.75) is 0 Å². The molecule has 0 amide bonds. The number of hydrogen-bond acceptors (Lipinski definition) is 0. The van der Waals surface area contributed by atoms with E-state index in [9.17, 15) is 0 Å². The van der Waals surface area contributed by atoms with Crippen molar-refractivity contribution in [3.8, 4) is 55.9 Å². The highest BCUT2D eigenvalue weighted by atomic mass is 15.0. The van der Waals surface area contributed by atoms with Crippen LogP contribution in [0.3, 0.4) is 0 Å². The summed E-state index contributed by atoms with van der Waals surface area (Å²) in [5.74, 6) is 0. The standard InChI is InChI=1S/C60H36N2/c1-2-15-42(16-3-1)61-55-24-7-6-18-48(55)54-34-39(29-33-57(54)61)40-27-31-49-52-32-26-37-12-4-5-17-44(37)60(52)62(58(49)36-40)56-25-11-20-45-43(19-10-21-47(45)56)41-28-30-46-50-22-8-13-38-14-9-23-51(59(38)50)53(46)35-41/h1-36H. The van der Waals surface area contributed by atoms with Crippen molar-refractivity contribution in [3.05, 3.63) is 218 Å². The maximum atomic E-state index is 2.54. The second-order valence-electron chi connectivity index (χ2n) is 16.8. The van der Waals surface area contributed by atoms with Gasteiger partial charge in [0.1, 0.15) is 0 Å². The largest absolute Gasteiger partial charge is 0.309 e. The van der Waals surface area contributed by atoms with Gasteiger partial charge < -0.3 is 9.13 Å². The van der Waals surface area contributed by atoms with Crippen molar-refractivity contribution in [3.63, 3.8) is 0 Å². The Balaban J connectivity index is 0.992. The van der Waals surface area contributed by atoms with Crippen LogP contribution < -0.4 is 0 Å². The van der Waals surface area contributed by atoms with E-state index in [-0.39, 0.29) is 0 Å². The minimum Gasteiger partial charge on any atom is -0.309 e. The molecular formula is C60H36N2. The summed E-state index contributed by atoms with van der Waals surface area (Å²) in [7, 11) is 0. The Bertz CT molecular complexity index is 4030. The van der Waals surface area contributed by atoms with Crippen molar-refractivity contribution in [1.82, 2.24) is 9.13 Å². The summed E-state index contributed by atoms with van der Waals surface area (Å²) in [6.07, 6.45) is 0. The first-order valence-electron chi connectivity index (χ1n) is 21.5. The Morgan fingerprint density at radius 2 is 0.887 bits per heavy atom. The van der Waals surface area contributed by atoms with E-state index in [0.717, 1.165) is 0 Å². The normalized spacial score (nSPS) is 12.2. The molecule has 1 aliphatic rings. The Kier molecular flexibility index (Phi) is 6.86. The van der Waals surface area contributed by atoms with Gasteiger partial charge in [-0.15, -0.1) is 0 Å². The van der Waals surface area contributed by atoms with E-state index in [1.165, 1.54) is 132 Å². The topological polar surface area (TPSA) is 9.86 Å². The van der Waals surface area contributed by atoms with E-state index in [1.54, 1.807) is 0 Å². The van der Waals surface area contributed by atoms with Crippen molar-refractivity contribution in [2.24, 2.45) is 0 Å². The number of aromatic nitrogens is 2. The maximum absolute atomic E-state index is 2.54. The zero-order valence-corrected chi connectivity index (χ0v) is 33.7. The highest BCUT2D eigenvalue weighted by Gasteiger charge is 2.23. The number of para-hydroxylation sites is 2. The average molecular weight is 785 g/mol. The summed E-state index contributed by atoms with van der Waals surface area (Å²) in [4.78, 5) is 0. The van der Waals surface area contributed by atoms with Gasteiger partial charge in [-0.2, -0.15) is 0 Å². The van der Waals surface area contributed by atoms with Crippen LogP contribution in [0, 0.1) is 0 Å². The summed E-state index contributed by atoms with van der Waals surface area (Å²) >= 11 is 0. The van der Waals surface area contributed by atoms with Crippen LogP contribution in [0.2, 0.25) is 0 Å². The molecule has 0 spiro atoms. The van der Waals surface area contributed by atoms with Crippen LogP contribution in [-0.2, 0) is 0 Å². The summed E-state index contributed by atoms with van der Waals surface area (Å²) < 4.78 is 4.93. The smallest absolute Gasteiger partial charge is 0.0619 e. The van der Waals surface area contributed by atoms with E-state index >= 15 is 0 Å². The van der Waals surface area contributed by atoms with E-state index in [1.807, 2.05) is 0 Å². The van der Waals surface area contributed by atoms with Gasteiger partial charge in [0, 0.05) is 38.0 Å². The zero-order chi connectivity index (χ0) is 40.5. The Morgan fingerprint density at radius 3 is 1.79 bits per heavy atom. The van der Waals surface area contributed by atoms with Crippen molar-refractivity contribution < 1.29 is 0 Å². The molecule has 0 N–H and O–H groups in total. The van der Waals surface area contributed by atoms with Crippen LogP contribution >= 0.6 is 0 Å². The van der Waals surface area contributed by atoms with Gasteiger partial charge in [0.2, 0.25) is 0 Å². The van der Waals surface area contributed by atoms with Crippen molar-refractivity contribution >= 4 is 75.9 Å². The fourth-order valence-electron chi connectivity index (χ4n) is 10.9. The van der Waals surface area contributed by atoms with Crippen molar-refractivity contribution in [2.75, 3.05) is 0 Å². The van der Waals surface area contributed by atoms with Crippen molar-refractivity contribution in [1.29, 1.82) is 0 Å². The van der Waals surface area contributed by atoms with Gasteiger partial charge in [-0.3, -0.25) is 0 Å². The fraction of sp³-hybridized carbons (Fsp3) is 0. The Labute approximate surface area is 357 Å². The highest BCUT2D eigenvalue weighted by molar-refractivity contribution is 6.21. The summed E-state index contributed by atoms with van der Waals surface area (Å²) in [6.45, 7) is 0. The third-order valence-electron chi connectivity index (χ3n) is 13.6. The molecule has 0 radical (unpaired) electrons. The minimum atomic E-state index is 1.17. The molecule has 0 aliphatic heterocycles. The summed E-state index contributed by atoms with van der Waals surface area (Å²) in [5.41, 5.74) is 17.3. The van der Waals surface area contributed by atoms with Gasteiger partial charge >= 0.3 is 0 Å². The number of hydrogen-bond donors (Lipinski definition) is 0. The lowest BCUT2D eigenvalue weighted by Crippen LogP contribution is -1.97. The quantitative estimate of drug-likeness (QED) is 0.168. The van der Waals surface area contributed by atoms with Gasteiger partial charge in [0.25, 0.3) is 0 Å². The monoisotopic (exact) mass is 784 g/mol. The van der Waals surface area contributed by atoms with Gasteiger partial charge in [0.05, 0.1) is 27.8 Å². The van der Waals surface area contributed by atoms with Crippen LogP contribution in [0.4, 0.5) is 0 Å². The SMILES string of the molecule is c1ccc(-n2c3ccccc3c3cc(-c4ccc5c6ccc7ccccc7c6n(-c6cccc7c(-c8ccc9c(c8)-c8cccc%10cccc-9c8%10)cccc67)c5c4)ccc32)cc1. The predicted molar refractivity (Wildman–Crippen MR) is 263 cm³/mol. The molecule has 286 valence electrons. The lowest BCUT2D eigenvalue weighted by molar-refractivity contribution is 1.18. The number of fused-ring (bicyclic) bond motifs is 12. The minimum absolute atomic E-state index is 1.17. The molecule has 11 aromatic carbocycles. The van der Waals surface area contributed by atoms with Gasteiger partial charge in [-0.1, -0.05) is 170 Å². The molecule has 0 unspecified atom stereocenters. The molecule has 13 aromatic rings. The summed E-state index contributed by atoms with van der Waals surface area (Å²) in [6, 6.07) is 81.1. The van der Waals surface area contributed by atoms with Crippen LogP contribution in [0.1, 0.15) is 0 Å². The lowest BCUT2D eigenvalue weighted by atomic mass is 9.93. The first-order valence-corrected chi connectivity index (χ1v) is 21.5. The van der Waals surface area contributed by atoms with Crippen LogP contribution in [0.25, 0.3) is 132 Å². The summed E-state index contributed by atoms with van der Waals surface area (Å²) in [5, 5.41) is 12.6. The molecule has 14 rings (SSSR count). The van der Waals surface area contributed by atoms with E-state index in [0.29, 0.717) is 0 Å². The third kappa shape index (κ3) is 4.64. The third-order valence-corrected chi connectivity index (χ3v) is 13.6. The number of benzene rings is 11. The number of nitrogens with zero attached hydrogens (tertiary/aromatic N) is 2. The van der Waals surface area contributed by atoms with E-state index < -0.39 is 0 Å². The average Bonchev–Trinajstić information content (AvgIpc) is 3.97. The molecule has 2 heterocycles. The molecule has 2 nitrogen and oxygen atoms in total. The Hall–Kier alpha value is -8.20. The molecule has 2 heteroatoms. The molecule has 0 fully saturated rings. The van der Waals surface area contributed by atoms with Gasteiger partial charge in [0.15, 0.2) is 0 Å². The Morgan fingerprint density at radius 1 is 0.258 bits per heavy atom. The second-order valence-corrected chi connectivity index (χ2v) is 16.8. The zero-order valence-electron chi connectivity index (χ0n) is 33.7. The van der Waals surface area contributed by atoms with E-state index in [2.05, 4.69) is 228 Å². The molecule has 0 atom stereocenters. The first kappa shape index (κ1) is 33.6. The fourth-order valence-corrected chi connectivity index (χ4v) is 10.9. The van der Waals surface area contributed by atoms with Gasteiger partial charge in [-0.05, 0) is 115 Å². The van der Waals surface area contributed by atoms with Crippen LogP contribution in [-0.4, -0.2) is 9.13 Å². The lowest BCUT2D eigenvalue weighted by Gasteiger charge is -2.16. The van der Waals surface area contributed by atoms with Crippen LogP contribution in [0.15, 0.2) is 218 Å². The predicted octanol–water partition coefficient (Wildman–Crippen LogP) is 16.3. The molecule has 0 saturated carbocycles. The molecule has 0 bridgehead atoms. The van der Waals surface area contributed by atoms with Crippen LogP contribution in [0.5, 0.6) is 0 Å². The molecule has 0 saturated heterocycles. The second kappa shape index (κ2) is 12.7. The maximum Gasteiger partial charge on any atom is 0.0619 e. The molecule has 62 heavy (non-hydrogen) atoms. The number of rotatable bonds is 4. The molecular weight excluding hydrogens is 749 g/mol. The highest BCUT2D eigenvalue weighted by Crippen LogP contribution is 2.49. The van der Waals surface area contributed by atoms with E-state index in [4.69, 9.17) is 0 Å². The first-order chi connectivity index (χ1) is 30.8. The molecule has 1 aliphatic carbocycles. The van der Waals surface area contributed by atoms with Gasteiger partial charge in [-0.25, -0.2) is 0 Å².